The molecule has 5 nitrogen and oxygen atoms in total. The zero-order valence-corrected chi connectivity index (χ0v) is 28.2. The van der Waals surface area contributed by atoms with Crippen LogP contribution < -0.4 is 0 Å². The van der Waals surface area contributed by atoms with Crippen molar-refractivity contribution in [1.82, 2.24) is 0 Å². The van der Waals surface area contributed by atoms with Crippen molar-refractivity contribution in [3.63, 3.8) is 0 Å². The minimum atomic E-state index is -0.953. The summed E-state index contributed by atoms with van der Waals surface area (Å²) in [6.45, 7) is 4.14. The summed E-state index contributed by atoms with van der Waals surface area (Å²) < 4.78 is 5.16. The van der Waals surface area contributed by atoms with Crippen LogP contribution in [0.2, 0.25) is 0 Å². The van der Waals surface area contributed by atoms with Crippen molar-refractivity contribution in [3.05, 3.63) is 0 Å². The molecule has 2 unspecified atom stereocenters. The number of aliphatic hydroxyl groups is 2. The Bertz CT molecular complexity index is 579. The summed E-state index contributed by atoms with van der Waals surface area (Å²) in [7, 11) is 0. The molecular weight excluding hydrogens is 524 g/mol. The summed E-state index contributed by atoms with van der Waals surface area (Å²) in [5, 5.41) is 19.2. The van der Waals surface area contributed by atoms with Crippen LogP contribution in [0.4, 0.5) is 0 Å². The number of ether oxygens (including phenoxy) is 1. The molecule has 0 aliphatic carbocycles. The Morgan fingerprint density at radius 1 is 0.524 bits per heavy atom. The molecule has 0 radical (unpaired) electrons. The van der Waals surface area contributed by atoms with Crippen LogP contribution in [0.5, 0.6) is 0 Å². The average molecular weight is 597 g/mol. The monoisotopic (exact) mass is 597 g/mol. The minimum Gasteiger partial charge on any atom is -0.394 e. The predicted octanol–water partition coefficient (Wildman–Crippen LogP) is 10.8. The van der Waals surface area contributed by atoms with Gasteiger partial charge in [0.15, 0.2) is 0 Å². The summed E-state index contributed by atoms with van der Waals surface area (Å²) in [5.41, 5.74) is 0. The normalized spacial score (nSPS) is 12.9. The summed E-state index contributed by atoms with van der Waals surface area (Å²) in [5.74, 6) is -1.51. The molecular formula is C37H72O5. The number of carbonyl (C=O) groups is 2. The molecule has 0 fully saturated rings. The molecule has 5 heteroatoms. The van der Waals surface area contributed by atoms with Gasteiger partial charge in [-0.25, -0.2) is 0 Å². The van der Waals surface area contributed by atoms with Gasteiger partial charge in [0.2, 0.25) is 0 Å². The van der Waals surface area contributed by atoms with Crippen LogP contribution in [0.15, 0.2) is 0 Å². The van der Waals surface area contributed by atoms with Crippen LogP contribution in [0, 0.1) is 5.92 Å². The Labute approximate surface area is 261 Å². The number of hydrogen-bond donors (Lipinski definition) is 2. The van der Waals surface area contributed by atoms with Gasteiger partial charge in [0.1, 0.15) is 0 Å². The summed E-state index contributed by atoms with van der Waals surface area (Å²) in [6, 6.07) is 0. The fourth-order valence-electron chi connectivity index (χ4n) is 5.85. The van der Waals surface area contributed by atoms with E-state index < -0.39 is 24.0 Å². The average Bonchev–Trinajstić information content (AvgIpc) is 2.98. The highest BCUT2D eigenvalue weighted by molar-refractivity contribution is 5.86. The Balaban J connectivity index is 3.85. The van der Waals surface area contributed by atoms with E-state index in [1.807, 2.05) is 0 Å². The van der Waals surface area contributed by atoms with Crippen LogP contribution in [-0.2, 0) is 14.3 Å². The number of esters is 2. The Morgan fingerprint density at radius 2 is 0.857 bits per heavy atom. The van der Waals surface area contributed by atoms with Gasteiger partial charge < -0.3 is 14.9 Å². The second-order valence-electron chi connectivity index (χ2n) is 12.9. The van der Waals surface area contributed by atoms with E-state index in [0.717, 1.165) is 38.5 Å². The Kier molecular flexibility index (Phi) is 32.2. The topological polar surface area (TPSA) is 83.8 Å². The lowest BCUT2D eigenvalue weighted by Crippen LogP contribution is -2.27. The number of carbonyl (C=O) groups excluding carboxylic acids is 2. The maximum absolute atomic E-state index is 12.7. The molecule has 0 aliphatic heterocycles. The first-order valence-electron chi connectivity index (χ1n) is 18.6. The van der Waals surface area contributed by atoms with Crippen LogP contribution in [-0.4, -0.2) is 34.9 Å². The SMILES string of the molecule is CCCCCCCCCCCCCCCCCC(=O)OC(=O)C(CCCCCCCCCCCCCC)CC(O)CO. The van der Waals surface area contributed by atoms with E-state index in [9.17, 15) is 19.8 Å². The highest BCUT2D eigenvalue weighted by Crippen LogP contribution is 2.20. The van der Waals surface area contributed by atoms with E-state index in [0.29, 0.717) is 6.42 Å². The minimum absolute atomic E-state index is 0.152. The van der Waals surface area contributed by atoms with Gasteiger partial charge in [0.25, 0.3) is 0 Å². The molecule has 0 amide bonds. The highest BCUT2D eigenvalue weighted by atomic mass is 16.6. The standard InChI is InChI=1S/C37H72O5/c1-3-5-7-9-11-13-15-17-18-19-21-23-25-27-29-31-36(40)42-37(41)34(32-35(39)33-38)30-28-26-24-22-20-16-14-12-10-8-6-4-2/h34-35,38-39H,3-33H2,1-2H3. The van der Waals surface area contributed by atoms with E-state index in [1.165, 1.54) is 135 Å². The zero-order chi connectivity index (χ0) is 30.9. The summed E-state index contributed by atoms with van der Waals surface area (Å²) >= 11 is 0. The maximum Gasteiger partial charge on any atom is 0.316 e. The van der Waals surface area contributed by atoms with Gasteiger partial charge in [0.05, 0.1) is 18.6 Å². The fraction of sp³-hybridized carbons (Fsp3) is 0.946. The van der Waals surface area contributed by atoms with Gasteiger partial charge in [-0.3, -0.25) is 9.59 Å². The van der Waals surface area contributed by atoms with Crippen LogP contribution in [0.25, 0.3) is 0 Å². The molecule has 0 saturated carbocycles. The zero-order valence-electron chi connectivity index (χ0n) is 28.2. The van der Waals surface area contributed by atoms with Crippen molar-refractivity contribution in [2.45, 2.75) is 213 Å². The van der Waals surface area contributed by atoms with Crippen molar-refractivity contribution in [1.29, 1.82) is 0 Å². The molecule has 0 heterocycles. The van der Waals surface area contributed by atoms with Crippen molar-refractivity contribution in [3.8, 4) is 0 Å². The van der Waals surface area contributed by atoms with Gasteiger partial charge in [0, 0.05) is 6.42 Å². The molecule has 0 saturated heterocycles. The molecule has 42 heavy (non-hydrogen) atoms. The highest BCUT2D eigenvalue weighted by Gasteiger charge is 2.25. The van der Waals surface area contributed by atoms with E-state index in [2.05, 4.69) is 13.8 Å². The van der Waals surface area contributed by atoms with Gasteiger partial charge in [-0.2, -0.15) is 0 Å². The molecule has 2 atom stereocenters. The van der Waals surface area contributed by atoms with E-state index in [4.69, 9.17) is 4.74 Å². The van der Waals surface area contributed by atoms with Crippen molar-refractivity contribution >= 4 is 11.9 Å². The Hall–Kier alpha value is -0.940. The van der Waals surface area contributed by atoms with Crippen LogP contribution in [0.1, 0.15) is 206 Å². The van der Waals surface area contributed by atoms with Gasteiger partial charge in [-0.05, 0) is 19.3 Å². The molecule has 2 N–H and O–H groups in total. The predicted molar refractivity (Wildman–Crippen MR) is 178 cm³/mol. The Morgan fingerprint density at radius 3 is 1.21 bits per heavy atom. The van der Waals surface area contributed by atoms with Gasteiger partial charge in [-0.1, -0.05) is 181 Å². The van der Waals surface area contributed by atoms with Gasteiger partial charge >= 0.3 is 11.9 Å². The third kappa shape index (κ3) is 29.1. The molecule has 0 aromatic rings. The third-order valence-electron chi connectivity index (χ3n) is 8.71. The number of unbranched alkanes of at least 4 members (excludes halogenated alkanes) is 25. The quantitative estimate of drug-likeness (QED) is 0.0447. The molecule has 0 aromatic carbocycles. The van der Waals surface area contributed by atoms with E-state index in [1.54, 1.807) is 0 Å². The first kappa shape index (κ1) is 41.1. The van der Waals surface area contributed by atoms with Crippen molar-refractivity contribution < 1.29 is 24.5 Å². The summed E-state index contributed by atoms with van der Waals surface area (Å²) in [4.78, 5) is 24.9. The molecule has 0 bridgehead atoms. The van der Waals surface area contributed by atoms with Crippen LogP contribution in [0.3, 0.4) is 0 Å². The molecule has 0 spiro atoms. The number of rotatable bonds is 33. The molecule has 250 valence electrons. The number of aliphatic hydroxyl groups excluding tert-OH is 2. The first-order chi connectivity index (χ1) is 20.5. The second-order valence-corrected chi connectivity index (χ2v) is 12.9. The molecule has 0 rings (SSSR count). The summed E-state index contributed by atoms with van der Waals surface area (Å²) in [6.07, 6.45) is 34.1. The largest absolute Gasteiger partial charge is 0.394 e. The second kappa shape index (κ2) is 33.0. The van der Waals surface area contributed by atoms with Gasteiger partial charge in [-0.15, -0.1) is 0 Å². The van der Waals surface area contributed by atoms with E-state index >= 15 is 0 Å². The van der Waals surface area contributed by atoms with E-state index in [-0.39, 0.29) is 19.4 Å². The first-order valence-corrected chi connectivity index (χ1v) is 18.6. The molecule has 0 aromatic heterocycles. The lowest BCUT2D eigenvalue weighted by atomic mass is 9.94. The third-order valence-corrected chi connectivity index (χ3v) is 8.71. The lowest BCUT2D eigenvalue weighted by Gasteiger charge is -2.17. The number of hydrogen-bond acceptors (Lipinski definition) is 5. The smallest absolute Gasteiger partial charge is 0.316 e. The fourth-order valence-corrected chi connectivity index (χ4v) is 5.85. The lowest BCUT2D eigenvalue weighted by molar-refractivity contribution is -0.163. The molecule has 0 aliphatic rings. The maximum atomic E-state index is 12.7. The van der Waals surface area contributed by atoms with Crippen LogP contribution >= 0.6 is 0 Å². The van der Waals surface area contributed by atoms with Crippen molar-refractivity contribution in [2.24, 2.45) is 5.92 Å². The van der Waals surface area contributed by atoms with Crippen molar-refractivity contribution in [2.75, 3.05) is 6.61 Å².